The van der Waals surface area contributed by atoms with Gasteiger partial charge in [-0.25, -0.2) is 0 Å². The van der Waals surface area contributed by atoms with Gasteiger partial charge in [0.1, 0.15) is 6.61 Å². The van der Waals surface area contributed by atoms with Gasteiger partial charge in [-0.05, 0) is 17.7 Å². The van der Waals surface area contributed by atoms with Gasteiger partial charge in [0.05, 0.1) is 18.6 Å². The summed E-state index contributed by atoms with van der Waals surface area (Å²) >= 11 is 0. The van der Waals surface area contributed by atoms with Gasteiger partial charge in [0.2, 0.25) is 5.75 Å². The molecule has 1 aliphatic heterocycles. The molecule has 3 aromatic rings. The molecule has 1 saturated heterocycles. The molecule has 4 rings (SSSR count). The predicted octanol–water partition coefficient (Wildman–Crippen LogP) is 2.91. The molecule has 1 aromatic heterocycles. The molecule has 6 heteroatoms. The van der Waals surface area contributed by atoms with E-state index in [-0.39, 0.29) is 29.1 Å². The minimum Gasteiger partial charge on any atom is -0.504 e. The van der Waals surface area contributed by atoms with E-state index in [1.807, 2.05) is 35.2 Å². The number of hydrogen-bond acceptors (Lipinski definition) is 6. The van der Waals surface area contributed by atoms with Crippen molar-refractivity contribution in [3.05, 3.63) is 64.3 Å². The molecule has 1 N–H and O–H groups in total. The number of phenolic OH excluding ortho intramolecular Hbond substituents is 1. The number of morpholine rings is 1. The lowest BCUT2D eigenvalue weighted by Gasteiger charge is -2.27. The van der Waals surface area contributed by atoms with Crippen LogP contribution in [0.25, 0.3) is 11.0 Å². The van der Waals surface area contributed by atoms with Crippen molar-refractivity contribution in [3.63, 3.8) is 0 Å². The molecule has 0 unspecified atom stereocenters. The van der Waals surface area contributed by atoms with Crippen LogP contribution in [0.5, 0.6) is 11.5 Å². The van der Waals surface area contributed by atoms with Crippen LogP contribution in [0.1, 0.15) is 5.56 Å². The molecule has 26 heavy (non-hydrogen) atoms. The van der Waals surface area contributed by atoms with E-state index in [0.29, 0.717) is 37.6 Å². The highest BCUT2D eigenvalue weighted by atomic mass is 16.5. The first kappa shape index (κ1) is 16.5. The number of anilines is 1. The maximum atomic E-state index is 12.5. The minimum absolute atomic E-state index is 0.0595. The molecule has 2 aromatic carbocycles. The Balaban J connectivity index is 1.74. The SMILES string of the molecule is O=c1cc(N2CCOCC2)oc2c(OCc3ccccc3)c(O)ccc12. The van der Waals surface area contributed by atoms with Crippen molar-refractivity contribution in [2.45, 2.75) is 6.61 Å². The monoisotopic (exact) mass is 353 g/mol. The zero-order valence-corrected chi connectivity index (χ0v) is 14.2. The van der Waals surface area contributed by atoms with Crippen LogP contribution in [0.4, 0.5) is 5.88 Å². The molecule has 0 aliphatic carbocycles. The predicted molar refractivity (Wildman–Crippen MR) is 98.0 cm³/mol. The Labute approximate surface area is 150 Å². The fraction of sp³-hybridized carbons (Fsp3) is 0.250. The number of rotatable bonds is 4. The second kappa shape index (κ2) is 7.09. The second-order valence-corrected chi connectivity index (χ2v) is 6.11. The van der Waals surface area contributed by atoms with Crippen molar-refractivity contribution in [2.75, 3.05) is 31.2 Å². The third kappa shape index (κ3) is 3.23. The van der Waals surface area contributed by atoms with E-state index in [1.165, 1.54) is 12.1 Å². The Bertz CT molecular complexity index is 961. The number of nitrogens with zero attached hydrogens (tertiary/aromatic N) is 1. The number of phenols is 1. The van der Waals surface area contributed by atoms with Gasteiger partial charge in [-0.15, -0.1) is 0 Å². The van der Waals surface area contributed by atoms with Crippen LogP contribution in [0.2, 0.25) is 0 Å². The lowest BCUT2D eigenvalue weighted by Crippen LogP contribution is -2.36. The Hall–Kier alpha value is -2.99. The molecular weight excluding hydrogens is 334 g/mol. The molecule has 134 valence electrons. The molecule has 0 bridgehead atoms. The highest BCUT2D eigenvalue weighted by Crippen LogP contribution is 2.36. The number of hydrogen-bond donors (Lipinski definition) is 1. The summed E-state index contributed by atoms with van der Waals surface area (Å²) in [5.41, 5.74) is 1.04. The summed E-state index contributed by atoms with van der Waals surface area (Å²) in [4.78, 5) is 14.5. The van der Waals surface area contributed by atoms with Crippen LogP contribution < -0.4 is 15.1 Å². The van der Waals surface area contributed by atoms with Crippen LogP contribution in [-0.2, 0) is 11.3 Å². The molecule has 6 nitrogen and oxygen atoms in total. The van der Waals surface area contributed by atoms with E-state index in [4.69, 9.17) is 13.9 Å². The van der Waals surface area contributed by atoms with Crippen molar-refractivity contribution in [1.82, 2.24) is 0 Å². The van der Waals surface area contributed by atoms with Gasteiger partial charge in [0.25, 0.3) is 0 Å². The van der Waals surface area contributed by atoms with Crippen LogP contribution in [0, 0.1) is 0 Å². The molecule has 0 amide bonds. The second-order valence-electron chi connectivity index (χ2n) is 6.11. The minimum atomic E-state index is -0.169. The number of benzene rings is 2. The van der Waals surface area contributed by atoms with E-state index < -0.39 is 0 Å². The third-order valence-electron chi connectivity index (χ3n) is 4.37. The summed E-state index contributed by atoms with van der Waals surface area (Å²) in [5, 5.41) is 10.6. The standard InChI is InChI=1S/C20H19NO5/c22-16-7-6-15-17(23)12-18(21-8-10-24-11-9-21)26-19(15)20(16)25-13-14-4-2-1-3-5-14/h1-7,12,22H,8-11,13H2. The first-order valence-electron chi connectivity index (χ1n) is 8.51. The fourth-order valence-corrected chi connectivity index (χ4v) is 2.98. The summed E-state index contributed by atoms with van der Waals surface area (Å²) in [5.74, 6) is 0.579. The van der Waals surface area contributed by atoms with Crippen molar-refractivity contribution < 1.29 is 19.0 Å². The molecule has 2 heterocycles. The molecule has 0 atom stereocenters. The summed E-state index contributed by atoms with van der Waals surface area (Å²) in [6, 6.07) is 14.1. The summed E-state index contributed by atoms with van der Waals surface area (Å²) in [7, 11) is 0. The van der Waals surface area contributed by atoms with Gasteiger partial charge in [0.15, 0.2) is 22.6 Å². The van der Waals surface area contributed by atoms with E-state index in [0.717, 1.165) is 5.56 Å². The number of aromatic hydroxyl groups is 1. The smallest absolute Gasteiger partial charge is 0.205 e. The first-order chi connectivity index (χ1) is 12.7. The maximum Gasteiger partial charge on any atom is 0.205 e. The van der Waals surface area contributed by atoms with Crippen molar-refractivity contribution >= 4 is 16.9 Å². The number of fused-ring (bicyclic) bond motifs is 1. The Kier molecular flexibility index (Phi) is 4.50. The molecule has 0 saturated carbocycles. The van der Waals surface area contributed by atoms with Gasteiger partial charge < -0.3 is 23.9 Å². The summed E-state index contributed by atoms with van der Waals surface area (Å²) < 4.78 is 17.1. The van der Waals surface area contributed by atoms with E-state index in [9.17, 15) is 9.90 Å². The first-order valence-corrected chi connectivity index (χ1v) is 8.51. The van der Waals surface area contributed by atoms with Crippen LogP contribution in [0.3, 0.4) is 0 Å². The largest absolute Gasteiger partial charge is 0.504 e. The third-order valence-corrected chi connectivity index (χ3v) is 4.37. The molecule has 0 spiro atoms. The van der Waals surface area contributed by atoms with Gasteiger partial charge in [-0.2, -0.15) is 0 Å². The Morgan fingerprint density at radius 2 is 1.85 bits per heavy atom. The van der Waals surface area contributed by atoms with Crippen molar-refractivity contribution in [2.24, 2.45) is 0 Å². The van der Waals surface area contributed by atoms with Gasteiger partial charge in [0, 0.05) is 19.2 Å². The normalized spacial score (nSPS) is 14.5. The summed E-state index contributed by atoms with van der Waals surface area (Å²) in [6.07, 6.45) is 0. The Morgan fingerprint density at radius 1 is 1.08 bits per heavy atom. The molecular formula is C20H19NO5. The van der Waals surface area contributed by atoms with E-state index >= 15 is 0 Å². The van der Waals surface area contributed by atoms with Crippen LogP contribution in [0.15, 0.2) is 57.7 Å². The number of ether oxygens (including phenoxy) is 2. The quantitative estimate of drug-likeness (QED) is 0.778. The van der Waals surface area contributed by atoms with Crippen LogP contribution >= 0.6 is 0 Å². The van der Waals surface area contributed by atoms with E-state index in [2.05, 4.69) is 0 Å². The maximum absolute atomic E-state index is 12.5. The highest BCUT2D eigenvalue weighted by molar-refractivity contribution is 5.86. The van der Waals surface area contributed by atoms with E-state index in [1.54, 1.807) is 6.07 Å². The van der Waals surface area contributed by atoms with Crippen molar-refractivity contribution in [3.8, 4) is 11.5 Å². The van der Waals surface area contributed by atoms with Crippen LogP contribution in [-0.4, -0.2) is 31.4 Å². The average molecular weight is 353 g/mol. The zero-order chi connectivity index (χ0) is 17.9. The zero-order valence-electron chi connectivity index (χ0n) is 14.2. The lowest BCUT2D eigenvalue weighted by atomic mass is 10.2. The van der Waals surface area contributed by atoms with Crippen molar-refractivity contribution in [1.29, 1.82) is 0 Å². The van der Waals surface area contributed by atoms with Gasteiger partial charge in [-0.3, -0.25) is 4.79 Å². The van der Waals surface area contributed by atoms with Gasteiger partial charge in [-0.1, -0.05) is 30.3 Å². The molecule has 0 radical (unpaired) electrons. The average Bonchev–Trinajstić information content (AvgIpc) is 2.68. The van der Waals surface area contributed by atoms with Gasteiger partial charge >= 0.3 is 0 Å². The lowest BCUT2D eigenvalue weighted by molar-refractivity contribution is 0.120. The fourth-order valence-electron chi connectivity index (χ4n) is 2.98. The highest BCUT2D eigenvalue weighted by Gasteiger charge is 2.19. The topological polar surface area (TPSA) is 72.1 Å². The summed E-state index contributed by atoms with van der Waals surface area (Å²) in [6.45, 7) is 2.72. The Morgan fingerprint density at radius 3 is 2.62 bits per heavy atom. The molecule has 1 aliphatic rings. The molecule has 1 fully saturated rings.